The standard InChI is InChI=1S/C22H31N3O2/c1-5-25(6-2)17(3)15-23-16-18-8-7-9-20(14-18)24-22(26)19-10-12-21(27-4)13-11-19/h7-14,17,23H,5-6,15-16H2,1-4H3,(H,24,26). The first-order chi connectivity index (χ1) is 13.1. The summed E-state index contributed by atoms with van der Waals surface area (Å²) in [5.41, 5.74) is 2.55. The highest BCUT2D eigenvalue weighted by atomic mass is 16.5. The SMILES string of the molecule is CCN(CC)C(C)CNCc1cccc(NC(=O)c2ccc(OC)cc2)c1. The average molecular weight is 370 g/mol. The third kappa shape index (κ3) is 6.38. The molecule has 2 rings (SSSR count). The van der Waals surface area contributed by atoms with Crippen LogP contribution in [0, 0.1) is 0 Å². The van der Waals surface area contributed by atoms with Gasteiger partial charge in [0.25, 0.3) is 5.91 Å². The van der Waals surface area contributed by atoms with Crippen LogP contribution < -0.4 is 15.4 Å². The van der Waals surface area contributed by atoms with Gasteiger partial charge in [-0.15, -0.1) is 0 Å². The molecule has 5 heteroatoms. The Balaban J connectivity index is 1.89. The molecule has 0 saturated carbocycles. The Bertz CT molecular complexity index is 712. The van der Waals surface area contributed by atoms with Gasteiger partial charge in [0.2, 0.25) is 0 Å². The highest BCUT2D eigenvalue weighted by Gasteiger charge is 2.10. The summed E-state index contributed by atoms with van der Waals surface area (Å²) in [6, 6.07) is 15.5. The van der Waals surface area contributed by atoms with Crippen molar-refractivity contribution < 1.29 is 9.53 Å². The van der Waals surface area contributed by atoms with Gasteiger partial charge in [-0.1, -0.05) is 26.0 Å². The number of hydrogen-bond acceptors (Lipinski definition) is 4. The molecule has 0 saturated heterocycles. The van der Waals surface area contributed by atoms with E-state index >= 15 is 0 Å². The fourth-order valence-electron chi connectivity index (χ4n) is 3.11. The van der Waals surface area contributed by atoms with Gasteiger partial charge >= 0.3 is 0 Å². The van der Waals surface area contributed by atoms with Gasteiger partial charge in [-0.25, -0.2) is 0 Å². The lowest BCUT2D eigenvalue weighted by molar-refractivity contribution is 0.102. The molecule has 1 atom stereocenters. The van der Waals surface area contributed by atoms with E-state index in [0.29, 0.717) is 11.6 Å². The Morgan fingerprint density at radius 2 is 1.81 bits per heavy atom. The molecule has 0 aromatic heterocycles. The molecule has 0 aliphatic rings. The zero-order valence-corrected chi connectivity index (χ0v) is 16.8. The molecule has 1 unspecified atom stereocenters. The maximum absolute atomic E-state index is 12.4. The first-order valence-corrected chi connectivity index (χ1v) is 9.56. The fraction of sp³-hybridized carbons (Fsp3) is 0.409. The van der Waals surface area contributed by atoms with Gasteiger partial charge in [-0.05, 0) is 62.0 Å². The molecule has 0 spiro atoms. The number of amides is 1. The second-order valence-corrected chi connectivity index (χ2v) is 6.58. The summed E-state index contributed by atoms with van der Waals surface area (Å²) in [6.45, 7) is 10.5. The summed E-state index contributed by atoms with van der Waals surface area (Å²) >= 11 is 0. The lowest BCUT2D eigenvalue weighted by Gasteiger charge is -2.26. The lowest BCUT2D eigenvalue weighted by Crippen LogP contribution is -2.39. The minimum atomic E-state index is -0.127. The largest absolute Gasteiger partial charge is 0.497 e. The maximum Gasteiger partial charge on any atom is 0.255 e. The van der Waals surface area contributed by atoms with Gasteiger partial charge in [-0.3, -0.25) is 9.69 Å². The van der Waals surface area contributed by atoms with E-state index in [1.54, 1.807) is 31.4 Å². The summed E-state index contributed by atoms with van der Waals surface area (Å²) in [5.74, 6) is 0.608. The van der Waals surface area contributed by atoms with Gasteiger partial charge in [-0.2, -0.15) is 0 Å². The second kappa shape index (κ2) is 10.7. The van der Waals surface area contributed by atoms with E-state index in [0.717, 1.165) is 43.2 Å². The van der Waals surface area contributed by atoms with E-state index in [2.05, 4.69) is 42.4 Å². The van der Waals surface area contributed by atoms with Crippen molar-refractivity contribution in [2.75, 3.05) is 32.1 Å². The van der Waals surface area contributed by atoms with Crippen LogP contribution in [0.1, 0.15) is 36.7 Å². The van der Waals surface area contributed by atoms with Crippen molar-refractivity contribution in [1.82, 2.24) is 10.2 Å². The lowest BCUT2D eigenvalue weighted by atomic mass is 10.1. The van der Waals surface area contributed by atoms with Crippen LogP contribution in [-0.2, 0) is 6.54 Å². The molecule has 0 bridgehead atoms. The van der Waals surface area contributed by atoms with E-state index in [9.17, 15) is 4.79 Å². The number of nitrogens with zero attached hydrogens (tertiary/aromatic N) is 1. The number of rotatable bonds is 10. The molecule has 0 fully saturated rings. The van der Waals surface area contributed by atoms with Crippen molar-refractivity contribution in [3.8, 4) is 5.75 Å². The molecule has 1 amide bonds. The second-order valence-electron chi connectivity index (χ2n) is 6.58. The normalized spacial score (nSPS) is 12.0. The monoisotopic (exact) mass is 369 g/mol. The van der Waals surface area contributed by atoms with Gasteiger partial charge in [0.15, 0.2) is 0 Å². The van der Waals surface area contributed by atoms with E-state index in [1.165, 1.54) is 0 Å². The van der Waals surface area contributed by atoms with Crippen LogP contribution in [0.3, 0.4) is 0 Å². The van der Waals surface area contributed by atoms with Crippen LogP contribution in [0.15, 0.2) is 48.5 Å². The zero-order chi connectivity index (χ0) is 19.6. The fourth-order valence-corrected chi connectivity index (χ4v) is 3.11. The molecule has 0 radical (unpaired) electrons. The third-order valence-corrected chi connectivity index (χ3v) is 4.74. The molecule has 2 aromatic carbocycles. The maximum atomic E-state index is 12.4. The van der Waals surface area contributed by atoms with Crippen LogP contribution in [-0.4, -0.2) is 43.6 Å². The number of nitrogens with one attached hydrogen (secondary N) is 2. The highest BCUT2D eigenvalue weighted by Crippen LogP contribution is 2.15. The van der Waals surface area contributed by atoms with Crippen molar-refractivity contribution >= 4 is 11.6 Å². The smallest absolute Gasteiger partial charge is 0.255 e. The zero-order valence-electron chi connectivity index (χ0n) is 16.8. The van der Waals surface area contributed by atoms with Crippen molar-refractivity contribution in [3.63, 3.8) is 0 Å². The minimum absolute atomic E-state index is 0.127. The first kappa shape index (κ1) is 20.9. The molecule has 2 aromatic rings. The number of benzene rings is 2. The van der Waals surface area contributed by atoms with Crippen molar-refractivity contribution in [1.29, 1.82) is 0 Å². The van der Waals surface area contributed by atoms with Crippen LogP contribution in [0.4, 0.5) is 5.69 Å². The Morgan fingerprint density at radius 1 is 1.11 bits per heavy atom. The summed E-state index contributed by atoms with van der Waals surface area (Å²) in [6.07, 6.45) is 0. The Morgan fingerprint density at radius 3 is 2.44 bits per heavy atom. The molecular weight excluding hydrogens is 338 g/mol. The number of methoxy groups -OCH3 is 1. The average Bonchev–Trinajstić information content (AvgIpc) is 2.69. The van der Waals surface area contributed by atoms with Crippen LogP contribution in [0.25, 0.3) is 0 Å². The van der Waals surface area contributed by atoms with Gasteiger partial charge in [0.1, 0.15) is 5.75 Å². The molecule has 0 aliphatic carbocycles. The minimum Gasteiger partial charge on any atom is -0.497 e. The number of hydrogen-bond donors (Lipinski definition) is 2. The van der Waals surface area contributed by atoms with Gasteiger partial charge < -0.3 is 15.4 Å². The Labute approximate surface area is 162 Å². The molecular formula is C22H31N3O2. The van der Waals surface area contributed by atoms with Crippen molar-refractivity contribution in [2.24, 2.45) is 0 Å². The summed E-state index contributed by atoms with van der Waals surface area (Å²) < 4.78 is 5.12. The van der Waals surface area contributed by atoms with Crippen LogP contribution in [0.2, 0.25) is 0 Å². The first-order valence-electron chi connectivity index (χ1n) is 9.56. The van der Waals surface area contributed by atoms with Crippen LogP contribution >= 0.6 is 0 Å². The van der Waals surface area contributed by atoms with Crippen molar-refractivity contribution in [2.45, 2.75) is 33.4 Å². The number of likely N-dealkylation sites (N-methyl/N-ethyl adjacent to an activating group) is 1. The third-order valence-electron chi connectivity index (χ3n) is 4.74. The summed E-state index contributed by atoms with van der Waals surface area (Å²) in [4.78, 5) is 14.8. The molecule has 0 aliphatic heterocycles. The molecule has 2 N–H and O–H groups in total. The molecule has 146 valence electrons. The predicted octanol–water partition coefficient (Wildman–Crippen LogP) is 3.77. The van der Waals surface area contributed by atoms with E-state index in [-0.39, 0.29) is 5.91 Å². The summed E-state index contributed by atoms with van der Waals surface area (Å²) in [7, 11) is 1.61. The van der Waals surface area contributed by atoms with E-state index < -0.39 is 0 Å². The Kier molecular flexibility index (Phi) is 8.30. The summed E-state index contributed by atoms with van der Waals surface area (Å²) in [5, 5.41) is 6.46. The number of anilines is 1. The number of carbonyl (C=O) groups excluding carboxylic acids is 1. The van der Waals surface area contributed by atoms with Gasteiger partial charge in [0.05, 0.1) is 7.11 Å². The van der Waals surface area contributed by atoms with E-state index in [1.807, 2.05) is 18.2 Å². The van der Waals surface area contributed by atoms with E-state index in [4.69, 9.17) is 4.74 Å². The number of ether oxygens (including phenoxy) is 1. The number of carbonyl (C=O) groups is 1. The highest BCUT2D eigenvalue weighted by molar-refractivity contribution is 6.04. The van der Waals surface area contributed by atoms with Crippen molar-refractivity contribution in [3.05, 3.63) is 59.7 Å². The molecule has 5 nitrogen and oxygen atoms in total. The molecule has 27 heavy (non-hydrogen) atoms. The predicted molar refractivity (Wildman–Crippen MR) is 111 cm³/mol. The molecule has 0 heterocycles. The van der Waals surface area contributed by atoms with Crippen LogP contribution in [0.5, 0.6) is 5.75 Å². The Hall–Kier alpha value is -2.37. The quantitative estimate of drug-likeness (QED) is 0.669. The van der Waals surface area contributed by atoms with Gasteiger partial charge in [0, 0.05) is 30.4 Å². The topological polar surface area (TPSA) is 53.6 Å².